The van der Waals surface area contributed by atoms with Crippen LogP contribution in [0.5, 0.6) is 0 Å². The fraction of sp³-hybridized carbons (Fsp3) is 0.0800. The summed E-state index contributed by atoms with van der Waals surface area (Å²) in [6, 6.07) is 19.2. The van der Waals surface area contributed by atoms with Crippen molar-refractivity contribution >= 4 is 67.5 Å². The highest BCUT2D eigenvalue weighted by molar-refractivity contribution is 9.10. The molecule has 0 aliphatic rings. The summed E-state index contributed by atoms with van der Waals surface area (Å²) < 4.78 is 2.11. The molecule has 0 fully saturated rings. The van der Waals surface area contributed by atoms with Gasteiger partial charge in [0.15, 0.2) is 0 Å². The van der Waals surface area contributed by atoms with E-state index < -0.39 is 17.7 Å². The van der Waals surface area contributed by atoms with Gasteiger partial charge in [-0.15, -0.1) is 0 Å². The molecule has 3 N–H and O–H groups in total. The molecule has 172 valence electrons. The molecule has 0 atom stereocenters. The lowest BCUT2D eigenvalue weighted by Gasteiger charge is -2.14. The van der Waals surface area contributed by atoms with Crippen LogP contribution in [0.15, 0.2) is 71.2 Å². The van der Waals surface area contributed by atoms with Gasteiger partial charge in [0.25, 0.3) is 5.91 Å². The molecule has 0 aliphatic heterocycles. The first-order valence-electron chi connectivity index (χ1n) is 10.3. The predicted molar refractivity (Wildman–Crippen MR) is 138 cm³/mol. The zero-order valence-electron chi connectivity index (χ0n) is 18.3. The van der Waals surface area contributed by atoms with E-state index in [1.165, 1.54) is 4.68 Å². The molecule has 0 spiro atoms. The maximum atomic E-state index is 13.2. The molecule has 0 aliphatic carbocycles. The average Bonchev–Trinajstić information content (AvgIpc) is 3.15. The quantitative estimate of drug-likeness (QED) is 0.293. The van der Waals surface area contributed by atoms with Crippen molar-refractivity contribution in [1.82, 2.24) is 4.68 Å². The largest absolute Gasteiger partial charge is 0.328 e. The highest BCUT2D eigenvalue weighted by Gasteiger charge is 2.22. The zero-order valence-corrected chi connectivity index (χ0v) is 20.6. The Hall–Kier alpha value is -3.62. The molecule has 7 nitrogen and oxygen atoms in total. The lowest BCUT2D eigenvalue weighted by molar-refractivity contribution is -0.133. The smallest absolute Gasteiger partial charge is 0.320 e. The van der Waals surface area contributed by atoms with Crippen LogP contribution in [0.4, 0.5) is 11.4 Å². The first-order chi connectivity index (χ1) is 16.2. The van der Waals surface area contributed by atoms with Crippen LogP contribution < -0.4 is 16.1 Å². The minimum absolute atomic E-state index is 0.160. The summed E-state index contributed by atoms with van der Waals surface area (Å²) in [5.41, 5.74) is 6.17. The average molecular weight is 540 g/mol. The first-order valence-corrected chi connectivity index (χ1v) is 11.5. The van der Waals surface area contributed by atoms with Crippen molar-refractivity contribution < 1.29 is 14.4 Å². The Bertz CT molecular complexity index is 1450. The first kappa shape index (κ1) is 23.5. The van der Waals surface area contributed by atoms with E-state index in [2.05, 4.69) is 32.0 Å². The molecule has 3 amide bonds. The van der Waals surface area contributed by atoms with Crippen LogP contribution in [0.3, 0.4) is 0 Å². The van der Waals surface area contributed by atoms with E-state index in [1.54, 1.807) is 48.5 Å². The molecule has 4 aromatic rings. The van der Waals surface area contributed by atoms with Crippen molar-refractivity contribution in [2.75, 3.05) is 16.1 Å². The number of amides is 3. The number of nitrogens with one attached hydrogen (secondary N) is 3. The second-order valence-electron chi connectivity index (χ2n) is 7.64. The maximum Gasteiger partial charge on any atom is 0.328 e. The van der Waals surface area contributed by atoms with Crippen LogP contribution in [0.2, 0.25) is 5.02 Å². The van der Waals surface area contributed by atoms with Crippen LogP contribution in [0.25, 0.3) is 10.9 Å². The van der Waals surface area contributed by atoms with Crippen LogP contribution in [-0.2, 0) is 9.59 Å². The minimum atomic E-state index is -0.957. The highest BCUT2D eigenvalue weighted by atomic mass is 79.9. The molecule has 9 heteroatoms. The molecule has 3 aromatic carbocycles. The summed E-state index contributed by atoms with van der Waals surface area (Å²) in [5, 5.41) is 6.37. The Labute approximate surface area is 209 Å². The van der Waals surface area contributed by atoms with Gasteiger partial charge in [0.1, 0.15) is 5.69 Å². The van der Waals surface area contributed by atoms with Gasteiger partial charge in [-0.2, -0.15) is 0 Å². The molecule has 0 saturated heterocycles. The lowest BCUT2D eigenvalue weighted by Crippen LogP contribution is -2.36. The van der Waals surface area contributed by atoms with Crippen molar-refractivity contribution in [2.24, 2.45) is 0 Å². The van der Waals surface area contributed by atoms with Gasteiger partial charge in [-0.25, -0.2) is 4.68 Å². The summed E-state index contributed by atoms with van der Waals surface area (Å²) in [5.74, 6) is -2.32. The van der Waals surface area contributed by atoms with E-state index in [0.717, 1.165) is 15.6 Å². The van der Waals surface area contributed by atoms with Gasteiger partial charge in [-0.3, -0.25) is 19.8 Å². The number of benzene rings is 3. The topological polar surface area (TPSA) is 92.2 Å². The van der Waals surface area contributed by atoms with Crippen LogP contribution in [-0.4, -0.2) is 22.4 Å². The van der Waals surface area contributed by atoms with Crippen LogP contribution >= 0.6 is 27.5 Å². The summed E-state index contributed by atoms with van der Waals surface area (Å²) in [6.07, 6.45) is 0. The van der Waals surface area contributed by atoms with Crippen molar-refractivity contribution in [3.63, 3.8) is 0 Å². The van der Waals surface area contributed by atoms with Gasteiger partial charge in [0.2, 0.25) is 0 Å². The van der Waals surface area contributed by atoms with Crippen molar-refractivity contribution in [1.29, 1.82) is 0 Å². The Balaban J connectivity index is 1.66. The van der Waals surface area contributed by atoms with Crippen LogP contribution in [0, 0.1) is 13.8 Å². The number of hydrogen-bond donors (Lipinski definition) is 3. The molecule has 1 heterocycles. The second-order valence-corrected chi connectivity index (χ2v) is 8.97. The maximum absolute atomic E-state index is 13.2. The molecule has 4 rings (SSSR count). The number of fused-ring (bicyclic) bond motifs is 1. The molecule has 1 aromatic heterocycles. The Morgan fingerprint density at radius 3 is 2.35 bits per heavy atom. The van der Waals surface area contributed by atoms with Crippen LogP contribution in [0.1, 0.15) is 21.6 Å². The fourth-order valence-electron chi connectivity index (χ4n) is 3.44. The van der Waals surface area contributed by atoms with Crippen molar-refractivity contribution in [3.05, 3.63) is 93.0 Å². The summed E-state index contributed by atoms with van der Waals surface area (Å²) >= 11 is 9.49. The Kier molecular flexibility index (Phi) is 6.72. The van der Waals surface area contributed by atoms with Crippen molar-refractivity contribution in [2.45, 2.75) is 13.8 Å². The molecule has 0 radical (unpaired) electrons. The number of nitrogens with zero attached hydrogens (tertiary/aromatic N) is 1. The molecular weight excluding hydrogens is 520 g/mol. The molecular formula is C25H20BrClN4O3. The lowest BCUT2D eigenvalue weighted by atomic mass is 10.1. The minimum Gasteiger partial charge on any atom is -0.320 e. The zero-order chi connectivity index (χ0) is 24.4. The number of anilines is 2. The highest BCUT2D eigenvalue weighted by Crippen LogP contribution is 2.25. The fourth-order valence-corrected chi connectivity index (χ4v) is 4.00. The van der Waals surface area contributed by atoms with Gasteiger partial charge >= 0.3 is 11.8 Å². The third kappa shape index (κ3) is 4.83. The number of rotatable bonds is 4. The molecule has 0 bridgehead atoms. The number of aryl methyl sites for hydroxylation is 1. The Morgan fingerprint density at radius 1 is 0.853 bits per heavy atom. The number of para-hydroxylation sites is 1. The summed E-state index contributed by atoms with van der Waals surface area (Å²) in [6.45, 7) is 3.87. The number of aromatic nitrogens is 1. The van der Waals surface area contributed by atoms with Crippen molar-refractivity contribution in [3.8, 4) is 0 Å². The monoisotopic (exact) mass is 538 g/mol. The summed E-state index contributed by atoms with van der Waals surface area (Å²) in [7, 11) is 0. The molecule has 0 unspecified atom stereocenters. The van der Waals surface area contributed by atoms with E-state index in [-0.39, 0.29) is 5.69 Å². The second kappa shape index (κ2) is 9.70. The number of carbonyl (C=O) groups is 3. The number of halogens is 2. The Morgan fingerprint density at radius 2 is 1.59 bits per heavy atom. The molecule has 0 saturated carbocycles. The van der Waals surface area contributed by atoms with Gasteiger partial charge in [0, 0.05) is 15.5 Å². The standard InChI is InChI=1S/C25H20BrClN4O3/c1-14-6-5-9-19(15(14)2)28-23(32)22-13-16-12-17(26)10-11-21(16)31(22)30-25(34)24(33)29-20-8-4-3-7-18(20)27/h3-13H,1-2H3,(H,28,32)(H,29,33)(H,30,34). The SMILES string of the molecule is Cc1cccc(NC(=O)c2cc3cc(Br)ccc3n2NC(=O)C(=O)Nc2ccccc2Cl)c1C. The van der Waals surface area contributed by atoms with E-state index in [4.69, 9.17) is 11.6 Å². The van der Waals surface area contributed by atoms with Gasteiger partial charge in [-0.1, -0.05) is 51.8 Å². The van der Waals surface area contributed by atoms with E-state index in [1.807, 2.05) is 32.0 Å². The van der Waals surface area contributed by atoms with Gasteiger partial charge < -0.3 is 10.6 Å². The molecule has 34 heavy (non-hydrogen) atoms. The predicted octanol–water partition coefficient (Wildman–Crippen LogP) is 5.64. The third-order valence-electron chi connectivity index (χ3n) is 5.39. The summed E-state index contributed by atoms with van der Waals surface area (Å²) in [4.78, 5) is 38.5. The number of carbonyl (C=O) groups excluding carboxylic acids is 3. The van der Waals surface area contributed by atoms with E-state index in [0.29, 0.717) is 27.3 Å². The van der Waals surface area contributed by atoms with Gasteiger partial charge in [0.05, 0.1) is 16.2 Å². The van der Waals surface area contributed by atoms with Gasteiger partial charge in [-0.05, 0) is 67.4 Å². The third-order valence-corrected chi connectivity index (χ3v) is 6.21. The normalized spacial score (nSPS) is 10.7. The van der Waals surface area contributed by atoms with E-state index in [9.17, 15) is 14.4 Å². The van der Waals surface area contributed by atoms with E-state index >= 15 is 0 Å². The number of hydrogen-bond acceptors (Lipinski definition) is 3.